The van der Waals surface area contributed by atoms with Crippen LogP contribution in [0.1, 0.15) is 18.1 Å². The van der Waals surface area contributed by atoms with Crippen LogP contribution in [-0.2, 0) is 11.8 Å². The van der Waals surface area contributed by atoms with Crippen molar-refractivity contribution in [2.75, 3.05) is 32.7 Å². The van der Waals surface area contributed by atoms with Crippen LogP contribution in [0.3, 0.4) is 0 Å². The van der Waals surface area contributed by atoms with Crippen LogP contribution in [0.4, 0.5) is 5.69 Å². The Morgan fingerprint density at radius 3 is 2.32 bits per heavy atom. The van der Waals surface area contributed by atoms with E-state index in [1.54, 1.807) is 7.11 Å². The van der Waals surface area contributed by atoms with Crippen molar-refractivity contribution in [1.82, 2.24) is 0 Å². The minimum Gasteiger partial charge on any atom is -0.497 e. The first kappa shape index (κ1) is 16.4. The third kappa shape index (κ3) is 3.60. The molecule has 2 aromatic carbocycles. The molecule has 118 valence electrons. The second-order valence-electron chi connectivity index (χ2n) is 6.19. The van der Waals surface area contributed by atoms with Crippen molar-refractivity contribution in [3.8, 4) is 5.75 Å². The van der Waals surface area contributed by atoms with E-state index in [1.165, 1.54) is 11.3 Å². The van der Waals surface area contributed by atoms with Crippen LogP contribution in [0.5, 0.6) is 5.75 Å². The van der Waals surface area contributed by atoms with Gasteiger partial charge in [-0.1, -0.05) is 31.2 Å². The first-order valence-electron chi connectivity index (χ1n) is 7.50. The number of rotatable bonds is 6. The third-order valence-electron chi connectivity index (χ3n) is 4.16. The number of aliphatic hydroxyl groups excluding tert-OH is 1. The molecule has 0 heterocycles. The molecule has 3 nitrogen and oxygen atoms in total. The van der Waals surface area contributed by atoms with Crippen LogP contribution in [-0.4, -0.2) is 32.9 Å². The maximum absolute atomic E-state index is 9.96. The highest BCUT2D eigenvalue weighted by molar-refractivity contribution is 5.46. The summed E-state index contributed by atoms with van der Waals surface area (Å²) in [6, 6.07) is 16.4. The average Bonchev–Trinajstić information content (AvgIpc) is 2.55. The lowest BCUT2D eigenvalue weighted by Crippen LogP contribution is -2.29. The van der Waals surface area contributed by atoms with Crippen LogP contribution in [0.2, 0.25) is 0 Å². The molecule has 1 atom stereocenters. The predicted octanol–water partition coefficient (Wildman–Crippen LogP) is 3.25. The summed E-state index contributed by atoms with van der Waals surface area (Å²) in [5.74, 6) is 0.820. The van der Waals surface area contributed by atoms with Gasteiger partial charge in [0.2, 0.25) is 0 Å². The number of nitrogens with zero attached hydrogens (tertiary/aromatic N) is 1. The van der Waals surface area contributed by atoms with Gasteiger partial charge < -0.3 is 14.7 Å². The summed E-state index contributed by atoms with van der Waals surface area (Å²) in [6.07, 6.45) is 0.782. The van der Waals surface area contributed by atoms with Crippen LogP contribution < -0.4 is 9.64 Å². The highest BCUT2D eigenvalue weighted by atomic mass is 16.5. The number of aliphatic hydroxyl groups is 1. The van der Waals surface area contributed by atoms with E-state index in [-0.39, 0.29) is 12.0 Å². The second-order valence-corrected chi connectivity index (χ2v) is 6.19. The molecule has 0 aromatic heterocycles. The zero-order valence-electron chi connectivity index (χ0n) is 13.8. The summed E-state index contributed by atoms with van der Waals surface area (Å²) in [4.78, 5) is 2.08. The van der Waals surface area contributed by atoms with Gasteiger partial charge in [-0.3, -0.25) is 0 Å². The van der Waals surface area contributed by atoms with Crippen molar-refractivity contribution in [2.45, 2.75) is 18.8 Å². The molecule has 0 aliphatic carbocycles. The van der Waals surface area contributed by atoms with E-state index in [4.69, 9.17) is 4.74 Å². The van der Waals surface area contributed by atoms with E-state index in [2.05, 4.69) is 36.1 Å². The largest absolute Gasteiger partial charge is 0.497 e. The standard InChI is InChI=1S/C19H25NO2/c1-19(14-21,16-6-5-7-18(12-16)22-4)13-15-8-10-17(11-9-15)20(2)3/h5-12,21H,13-14H2,1-4H3. The number of methoxy groups -OCH3 is 1. The zero-order chi connectivity index (χ0) is 16.2. The van der Waals surface area contributed by atoms with Crippen LogP contribution in [0.25, 0.3) is 0 Å². The Bertz CT molecular complexity index is 607. The van der Waals surface area contributed by atoms with Crippen LogP contribution in [0.15, 0.2) is 48.5 Å². The van der Waals surface area contributed by atoms with Gasteiger partial charge in [-0.2, -0.15) is 0 Å². The number of ether oxygens (including phenoxy) is 1. The molecular weight excluding hydrogens is 274 g/mol. The smallest absolute Gasteiger partial charge is 0.119 e. The zero-order valence-corrected chi connectivity index (χ0v) is 13.8. The lowest BCUT2D eigenvalue weighted by molar-refractivity contribution is 0.204. The number of hydrogen-bond acceptors (Lipinski definition) is 3. The fourth-order valence-electron chi connectivity index (χ4n) is 2.61. The van der Waals surface area contributed by atoms with Gasteiger partial charge in [0.25, 0.3) is 0 Å². The third-order valence-corrected chi connectivity index (χ3v) is 4.16. The van der Waals surface area contributed by atoms with Gasteiger partial charge >= 0.3 is 0 Å². The van der Waals surface area contributed by atoms with Crippen molar-refractivity contribution >= 4 is 5.69 Å². The van der Waals surface area contributed by atoms with Crippen molar-refractivity contribution < 1.29 is 9.84 Å². The molecule has 3 heteroatoms. The van der Waals surface area contributed by atoms with Gasteiger partial charge in [0, 0.05) is 25.2 Å². The van der Waals surface area contributed by atoms with Gasteiger partial charge in [0.1, 0.15) is 5.75 Å². The minimum atomic E-state index is -0.325. The van der Waals surface area contributed by atoms with Gasteiger partial charge in [-0.05, 0) is 41.8 Å². The van der Waals surface area contributed by atoms with E-state index in [0.717, 1.165) is 17.7 Å². The van der Waals surface area contributed by atoms with E-state index in [1.807, 2.05) is 38.4 Å². The molecule has 0 radical (unpaired) electrons. The Balaban J connectivity index is 2.26. The molecule has 0 saturated heterocycles. The highest BCUT2D eigenvalue weighted by Crippen LogP contribution is 2.30. The van der Waals surface area contributed by atoms with Gasteiger partial charge in [-0.15, -0.1) is 0 Å². The molecular formula is C19H25NO2. The maximum Gasteiger partial charge on any atom is 0.119 e. The fraction of sp³-hybridized carbons (Fsp3) is 0.368. The Morgan fingerprint density at radius 2 is 1.77 bits per heavy atom. The summed E-state index contributed by atoms with van der Waals surface area (Å²) in [6.45, 7) is 2.18. The van der Waals surface area contributed by atoms with Crippen LogP contribution in [0, 0.1) is 0 Å². The highest BCUT2D eigenvalue weighted by Gasteiger charge is 2.26. The summed E-state index contributed by atoms with van der Waals surface area (Å²) < 4.78 is 5.30. The Hall–Kier alpha value is -2.00. The lowest BCUT2D eigenvalue weighted by atomic mass is 9.78. The molecule has 0 spiro atoms. The van der Waals surface area contributed by atoms with Gasteiger partial charge in [-0.25, -0.2) is 0 Å². The summed E-state index contributed by atoms with van der Waals surface area (Å²) in [7, 11) is 5.72. The summed E-state index contributed by atoms with van der Waals surface area (Å²) in [5, 5.41) is 9.96. The average molecular weight is 299 g/mol. The number of benzene rings is 2. The van der Waals surface area contributed by atoms with Gasteiger partial charge in [0.15, 0.2) is 0 Å². The van der Waals surface area contributed by atoms with E-state index < -0.39 is 0 Å². The van der Waals surface area contributed by atoms with Crippen LogP contribution >= 0.6 is 0 Å². The maximum atomic E-state index is 9.96. The topological polar surface area (TPSA) is 32.7 Å². The van der Waals surface area contributed by atoms with E-state index in [9.17, 15) is 5.11 Å². The molecule has 0 amide bonds. The molecule has 0 bridgehead atoms. The number of anilines is 1. The minimum absolute atomic E-state index is 0.0929. The molecule has 1 N–H and O–H groups in total. The Morgan fingerprint density at radius 1 is 1.09 bits per heavy atom. The molecule has 0 aliphatic heterocycles. The van der Waals surface area contributed by atoms with Gasteiger partial charge in [0.05, 0.1) is 13.7 Å². The second kappa shape index (κ2) is 6.84. The molecule has 0 fully saturated rings. The Labute approximate surface area is 133 Å². The van der Waals surface area contributed by atoms with Crippen molar-refractivity contribution in [2.24, 2.45) is 0 Å². The molecule has 0 aliphatic rings. The van der Waals surface area contributed by atoms with Crippen molar-refractivity contribution in [1.29, 1.82) is 0 Å². The molecule has 1 unspecified atom stereocenters. The monoisotopic (exact) mass is 299 g/mol. The van der Waals surface area contributed by atoms with Crippen molar-refractivity contribution in [3.05, 3.63) is 59.7 Å². The quantitative estimate of drug-likeness (QED) is 0.888. The Kier molecular flexibility index (Phi) is 5.09. The predicted molar refractivity (Wildman–Crippen MR) is 91.9 cm³/mol. The SMILES string of the molecule is COc1cccc(C(C)(CO)Cc2ccc(N(C)C)cc2)c1. The molecule has 22 heavy (non-hydrogen) atoms. The first-order valence-corrected chi connectivity index (χ1v) is 7.50. The number of hydrogen-bond donors (Lipinski definition) is 1. The van der Waals surface area contributed by atoms with E-state index in [0.29, 0.717) is 0 Å². The summed E-state index contributed by atoms with van der Waals surface area (Å²) >= 11 is 0. The summed E-state index contributed by atoms with van der Waals surface area (Å²) in [5.41, 5.74) is 3.15. The van der Waals surface area contributed by atoms with Crippen molar-refractivity contribution in [3.63, 3.8) is 0 Å². The first-order chi connectivity index (χ1) is 10.5. The lowest BCUT2D eigenvalue weighted by Gasteiger charge is -2.28. The fourth-order valence-corrected chi connectivity index (χ4v) is 2.61. The molecule has 0 saturated carbocycles. The molecule has 2 aromatic rings. The van der Waals surface area contributed by atoms with E-state index >= 15 is 0 Å². The normalized spacial score (nSPS) is 13.5. The molecule has 2 rings (SSSR count).